The summed E-state index contributed by atoms with van der Waals surface area (Å²) in [5.74, 6) is 1.35. The molecule has 10 nitrogen and oxygen atoms in total. The van der Waals surface area contributed by atoms with Gasteiger partial charge < -0.3 is 24.8 Å². The number of imide groups is 1. The van der Waals surface area contributed by atoms with Crippen LogP contribution < -0.4 is 20.3 Å². The van der Waals surface area contributed by atoms with Crippen molar-refractivity contribution >= 4 is 34.5 Å². The molecule has 1 aliphatic heterocycles. The third-order valence-corrected chi connectivity index (χ3v) is 6.33. The van der Waals surface area contributed by atoms with Gasteiger partial charge in [-0.1, -0.05) is 6.07 Å². The van der Waals surface area contributed by atoms with E-state index in [0.717, 1.165) is 47.5 Å². The summed E-state index contributed by atoms with van der Waals surface area (Å²) in [4.78, 5) is 36.0. The number of aromatic nitrogens is 2. The van der Waals surface area contributed by atoms with Gasteiger partial charge in [-0.05, 0) is 109 Å². The molecule has 1 aromatic carbocycles. The largest absolute Gasteiger partial charge is 0.477 e. The number of piperidine rings is 1. The van der Waals surface area contributed by atoms with E-state index in [2.05, 4.69) is 20.6 Å². The Kier molecular flexibility index (Phi) is 9.32. The summed E-state index contributed by atoms with van der Waals surface area (Å²) in [6, 6.07) is 11.4. The van der Waals surface area contributed by atoms with Crippen molar-refractivity contribution in [3.63, 3.8) is 0 Å². The van der Waals surface area contributed by atoms with Gasteiger partial charge in [0.2, 0.25) is 5.88 Å². The number of nitrogens with one attached hydrogen (secondary N) is 2. The van der Waals surface area contributed by atoms with Crippen LogP contribution in [0.15, 0.2) is 48.8 Å². The van der Waals surface area contributed by atoms with Crippen LogP contribution in [0.1, 0.15) is 59.9 Å². The highest BCUT2D eigenvalue weighted by molar-refractivity contribution is 6.14. The topological polar surface area (TPSA) is 115 Å². The number of carbonyl (C=O) groups excluding carboxylic acids is 2. The molecular weight excluding hydrogens is 522 g/mol. The lowest BCUT2D eigenvalue weighted by Gasteiger charge is -2.28. The van der Waals surface area contributed by atoms with Crippen LogP contribution in [0.2, 0.25) is 0 Å². The number of rotatable bonds is 7. The van der Waals surface area contributed by atoms with Crippen LogP contribution in [0.4, 0.5) is 21.1 Å². The summed E-state index contributed by atoms with van der Waals surface area (Å²) < 4.78 is 16.9. The first kappa shape index (κ1) is 30.0. The lowest BCUT2D eigenvalue weighted by molar-refractivity contribution is 0.0429. The fraction of sp³-hybridized carbons (Fsp3) is 0.484. The van der Waals surface area contributed by atoms with E-state index in [1.807, 2.05) is 42.6 Å². The lowest BCUT2D eigenvalue weighted by Crippen LogP contribution is -2.44. The number of ether oxygens (including phenoxy) is 3. The standard InChI is InChI=1S/C31H41N5O5/c1-30(2,3)40-28(37)36(29(38)41-31(4,5)6)27-25-9-8-24(17-23(25)13-16-33-27)34-18-22-7-10-26(35-19-22)39-20-21-11-14-32-15-12-21/h7-10,13,16-17,19,21,32,34H,11-12,14-15,18,20H2,1-6H3. The Balaban J connectivity index is 1.47. The fourth-order valence-electron chi connectivity index (χ4n) is 4.37. The maximum absolute atomic E-state index is 13.1. The average molecular weight is 564 g/mol. The van der Waals surface area contributed by atoms with Crippen molar-refractivity contribution in [1.29, 1.82) is 0 Å². The van der Waals surface area contributed by atoms with Gasteiger partial charge >= 0.3 is 12.2 Å². The summed E-state index contributed by atoms with van der Waals surface area (Å²) >= 11 is 0. The molecule has 0 unspecified atom stereocenters. The van der Waals surface area contributed by atoms with Crippen LogP contribution in [-0.4, -0.2) is 53.1 Å². The number of amides is 2. The Morgan fingerprint density at radius 2 is 1.63 bits per heavy atom. The lowest BCUT2D eigenvalue weighted by atomic mass is 9.99. The van der Waals surface area contributed by atoms with E-state index in [4.69, 9.17) is 14.2 Å². The first-order chi connectivity index (χ1) is 19.4. The highest BCUT2D eigenvalue weighted by atomic mass is 16.6. The van der Waals surface area contributed by atoms with Gasteiger partial charge in [-0.3, -0.25) is 0 Å². The van der Waals surface area contributed by atoms with Crippen molar-refractivity contribution in [2.45, 2.75) is 72.1 Å². The van der Waals surface area contributed by atoms with Crippen LogP contribution in [0.25, 0.3) is 10.8 Å². The summed E-state index contributed by atoms with van der Waals surface area (Å²) in [7, 11) is 0. The average Bonchev–Trinajstić information content (AvgIpc) is 2.90. The molecular formula is C31H41N5O5. The van der Waals surface area contributed by atoms with E-state index in [0.29, 0.717) is 30.3 Å². The van der Waals surface area contributed by atoms with E-state index >= 15 is 0 Å². The van der Waals surface area contributed by atoms with Crippen molar-refractivity contribution in [2.75, 3.05) is 29.9 Å². The molecule has 41 heavy (non-hydrogen) atoms. The predicted molar refractivity (Wildman–Crippen MR) is 159 cm³/mol. The molecule has 0 spiro atoms. The molecule has 0 saturated carbocycles. The molecule has 2 aromatic heterocycles. The Morgan fingerprint density at radius 3 is 2.24 bits per heavy atom. The smallest absolute Gasteiger partial charge is 0.425 e. The predicted octanol–water partition coefficient (Wildman–Crippen LogP) is 6.30. The van der Waals surface area contributed by atoms with Crippen molar-refractivity contribution < 1.29 is 23.8 Å². The second-order valence-corrected chi connectivity index (χ2v) is 12.2. The van der Waals surface area contributed by atoms with Crippen molar-refractivity contribution in [3.05, 3.63) is 54.4 Å². The first-order valence-electron chi connectivity index (χ1n) is 14.1. The fourth-order valence-corrected chi connectivity index (χ4v) is 4.37. The molecule has 0 aliphatic carbocycles. The molecule has 3 aromatic rings. The maximum Gasteiger partial charge on any atom is 0.425 e. The number of benzene rings is 1. The first-order valence-corrected chi connectivity index (χ1v) is 14.1. The molecule has 10 heteroatoms. The van der Waals surface area contributed by atoms with Crippen LogP contribution in [0, 0.1) is 5.92 Å². The second-order valence-electron chi connectivity index (χ2n) is 12.2. The Labute approximate surface area is 241 Å². The summed E-state index contributed by atoms with van der Waals surface area (Å²) in [6.07, 6.45) is 3.91. The third-order valence-electron chi connectivity index (χ3n) is 6.33. The van der Waals surface area contributed by atoms with Crippen LogP contribution in [0.5, 0.6) is 5.88 Å². The number of hydrogen-bond donors (Lipinski definition) is 2. The number of nitrogens with zero attached hydrogens (tertiary/aromatic N) is 3. The minimum Gasteiger partial charge on any atom is -0.477 e. The second kappa shape index (κ2) is 12.7. The van der Waals surface area contributed by atoms with E-state index in [-0.39, 0.29) is 5.82 Å². The number of carbonyl (C=O) groups is 2. The molecule has 0 bridgehead atoms. The SMILES string of the molecule is CC(C)(C)OC(=O)N(C(=O)OC(C)(C)C)c1nccc2cc(NCc3ccc(OCC4CCNCC4)nc3)ccc12. The van der Waals surface area contributed by atoms with Gasteiger partial charge in [0.05, 0.1) is 6.61 Å². The van der Waals surface area contributed by atoms with E-state index in [1.54, 1.807) is 47.7 Å². The molecule has 2 N–H and O–H groups in total. The molecule has 0 atom stereocenters. The monoisotopic (exact) mass is 563 g/mol. The van der Waals surface area contributed by atoms with Crippen LogP contribution >= 0.6 is 0 Å². The molecule has 3 heterocycles. The highest BCUT2D eigenvalue weighted by Crippen LogP contribution is 2.30. The molecule has 0 radical (unpaired) electrons. The van der Waals surface area contributed by atoms with Gasteiger partial charge in [-0.15, -0.1) is 0 Å². The van der Waals surface area contributed by atoms with Crippen molar-refractivity contribution in [3.8, 4) is 5.88 Å². The minimum absolute atomic E-state index is 0.141. The number of anilines is 2. The molecule has 220 valence electrons. The molecule has 2 amide bonds. The van der Waals surface area contributed by atoms with Gasteiger partial charge in [0, 0.05) is 36.1 Å². The summed E-state index contributed by atoms with van der Waals surface area (Å²) in [6.45, 7) is 13.8. The van der Waals surface area contributed by atoms with Gasteiger partial charge in [0.25, 0.3) is 0 Å². The van der Waals surface area contributed by atoms with Crippen LogP contribution in [-0.2, 0) is 16.0 Å². The van der Waals surface area contributed by atoms with Crippen LogP contribution in [0.3, 0.4) is 0 Å². The van der Waals surface area contributed by atoms with Crippen molar-refractivity contribution in [2.24, 2.45) is 5.92 Å². The zero-order chi connectivity index (χ0) is 29.6. The van der Waals surface area contributed by atoms with E-state index in [9.17, 15) is 9.59 Å². The Morgan fingerprint density at radius 1 is 0.951 bits per heavy atom. The van der Waals surface area contributed by atoms with Gasteiger partial charge in [0.1, 0.15) is 11.2 Å². The Hall–Kier alpha value is -3.92. The van der Waals surface area contributed by atoms with Gasteiger partial charge in [-0.2, -0.15) is 4.90 Å². The van der Waals surface area contributed by atoms with E-state index < -0.39 is 23.4 Å². The molecule has 1 fully saturated rings. The number of fused-ring (bicyclic) bond motifs is 1. The van der Waals surface area contributed by atoms with Crippen molar-refractivity contribution in [1.82, 2.24) is 15.3 Å². The third kappa shape index (κ3) is 8.78. The van der Waals surface area contributed by atoms with Gasteiger partial charge in [-0.25, -0.2) is 19.6 Å². The number of hydrogen-bond acceptors (Lipinski definition) is 9. The summed E-state index contributed by atoms with van der Waals surface area (Å²) in [5, 5.41) is 8.17. The molecule has 1 saturated heterocycles. The molecule has 4 rings (SSSR count). The molecule has 1 aliphatic rings. The minimum atomic E-state index is -0.857. The highest BCUT2D eigenvalue weighted by Gasteiger charge is 2.34. The van der Waals surface area contributed by atoms with Gasteiger partial charge in [0.15, 0.2) is 5.82 Å². The normalized spacial score (nSPS) is 14.4. The quantitative estimate of drug-likeness (QED) is 0.342. The zero-order valence-electron chi connectivity index (χ0n) is 24.8. The van der Waals surface area contributed by atoms with E-state index in [1.165, 1.54) is 0 Å². The Bertz CT molecular complexity index is 1310. The maximum atomic E-state index is 13.1. The summed E-state index contributed by atoms with van der Waals surface area (Å²) in [5.41, 5.74) is 0.245. The zero-order valence-corrected chi connectivity index (χ0v) is 24.8. The number of pyridine rings is 2.